The summed E-state index contributed by atoms with van der Waals surface area (Å²) in [5, 5.41) is 8.96. The molecule has 0 spiro atoms. The third-order valence-corrected chi connectivity index (χ3v) is 1.77. The number of alkyl halides is 3. The summed E-state index contributed by atoms with van der Waals surface area (Å²) in [5.74, 6) is -1.18. The maximum absolute atomic E-state index is 11.9. The topological polar surface area (TPSA) is 102 Å². The average Bonchev–Trinajstić information content (AvgIpc) is 2.12. The zero-order chi connectivity index (χ0) is 14.1. The molecule has 98 valence electrons. The van der Waals surface area contributed by atoms with E-state index in [1.165, 1.54) is 0 Å². The van der Waals surface area contributed by atoms with Gasteiger partial charge in [-0.2, -0.15) is 0 Å². The van der Waals surface area contributed by atoms with Gasteiger partial charge in [-0.1, -0.05) is 0 Å². The Hall–Kier alpha value is -2.10. The highest BCUT2D eigenvalue weighted by Crippen LogP contribution is 2.23. The number of carbonyl (C=O) groups is 1. The number of carbonyl (C=O) groups excluding carboxylic acids is 1. The minimum absolute atomic E-state index is 0.189. The van der Waals surface area contributed by atoms with Crippen molar-refractivity contribution in [1.29, 1.82) is 0 Å². The van der Waals surface area contributed by atoms with E-state index in [2.05, 4.69) is 4.74 Å². The molecule has 0 saturated carbocycles. The third kappa shape index (κ3) is 3.20. The highest BCUT2D eigenvalue weighted by Gasteiger charge is 2.33. The molecule has 1 aromatic rings. The molecule has 0 amide bonds. The van der Waals surface area contributed by atoms with Crippen molar-refractivity contribution in [3.05, 3.63) is 32.1 Å². The highest BCUT2D eigenvalue weighted by molar-refractivity contribution is 6.67. The monoisotopic (exact) mass is 286 g/mol. The number of aromatic nitrogens is 1. The molecule has 1 rings (SSSR count). The van der Waals surface area contributed by atoms with E-state index in [0.29, 0.717) is 0 Å². The average molecular weight is 287 g/mol. The first kappa shape index (κ1) is 14.0. The van der Waals surface area contributed by atoms with Gasteiger partial charge in [0.1, 0.15) is 0 Å². The van der Waals surface area contributed by atoms with Gasteiger partial charge in [-0.15, -0.1) is 13.2 Å². The molecule has 11 heteroatoms. The number of nitrogens with zero attached hydrogens (tertiary/aromatic N) is 1. The van der Waals surface area contributed by atoms with E-state index in [1.807, 2.05) is 0 Å². The Morgan fingerprint density at radius 2 is 2.06 bits per heavy atom. The summed E-state index contributed by atoms with van der Waals surface area (Å²) in [7, 11) is 0. The molecule has 18 heavy (non-hydrogen) atoms. The minimum Gasteiger partial charge on any atom is -0.390 e. The van der Waals surface area contributed by atoms with Gasteiger partial charge in [-0.05, 0) is 11.6 Å². The van der Waals surface area contributed by atoms with Crippen LogP contribution in [0.5, 0.6) is 5.88 Å². The van der Waals surface area contributed by atoms with E-state index in [4.69, 9.17) is 11.6 Å². The first-order valence-electron chi connectivity index (χ1n) is 3.99. The molecular formula is C7H2ClF3N2O5. The number of rotatable bonds is 3. The molecule has 1 N–H and O–H groups in total. The maximum Gasteiger partial charge on any atom is 0.574 e. The summed E-state index contributed by atoms with van der Waals surface area (Å²) in [6, 6.07) is 0.189. The SMILES string of the molecule is O=C(Cl)c1[nH]c(OC(F)(F)F)cc(=O)c1[N+](=O)[O-]. The van der Waals surface area contributed by atoms with E-state index in [9.17, 15) is 32.9 Å². The molecule has 0 radical (unpaired) electrons. The molecule has 0 aliphatic heterocycles. The van der Waals surface area contributed by atoms with Crippen molar-refractivity contribution in [2.24, 2.45) is 0 Å². The lowest BCUT2D eigenvalue weighted by molar-refractivity contribution is -0.386. The fourth-order valence-electron chi connectivity index (χ4n) is 1.03. The second kappa shape index (κ2) is 4.64. The largest absolute Gasteiger partial charge is 0.574 e. The van der Waals surface area contributed by atoms with Crippen LogP contribution in [0.2, 0.25) is 0 Å². The van der Waals surface area contributed by atoms with Crippen LogP contribution in [-0.4, -0.2) is 21.5 Å². The molecule has 7 nitrogen and oxygen atoms in total. The fourth-order valence-corrected chi connectivity index (χ4v) is 1.17. The van der Waals surface area contributed by atoms with Gasteiger partial charge in [0.25, 0.3) is 10.7 Å². The molecule has 0 unspecified atom stereocenters. The van der Waals surface area contributed by atoms with E-state index < -0.39 is 39.2 Å². The van der Waals surface area contributed by atoms with Crippen LogP contribution in [0, 0.1) is 10.1 Å². The van der Waals surface area contributed by atoms with Crippen LogP contribution < -0.4 is 10.2 Å². The maximum atomic E-state index is 11.9. The predicted molar refractivity (Wildman–Crippen MR) is 50.6 cm³/mol. The quantitative estimate of drug-likeness (QED) is 0.516. The second-order valence-corrected chi connectivity index (χ2v) is 3.14. The number of pyridine rings is 1. The van der Waals surface area contributed by atoms with Crippen molar-refractivity contribution in [1.82, 2.24) is 4.98 Å². The van der Waals surface area contributed by atoms with Crippen LogP contribution in [0.1, 0.15) is 10.5 Å². The smallest absolute Gasteiger partial charge is 0.390 e. The lowest BCUT2D eigenvalue weighted by atomic mass is 10.3. The zero-order valence-electron chi connectivity index (χ0n) is 8.08. The summed E-state index contributed by atoms with van der Waals surface area (Å²) in [6.07, 6.45) is -5.13. The van der Waals surface area contributed by atoms with Gasteiger partial charge in [0.05, 0.1) is 11.0 Å². The van der Waals surface area contributed by atoms with Gasteiger partial charge in [-0.3, -0.25) is 19.7 Å². The van der Waals surface area contributed by atoms with Crippen LogP contribution in [0.25, 0.3) is 0 Å². The van der Waals surface area contributed by atoms with Crippen LogP contribution in [0.4, 0.5) is 18.9 Å². The van der Waals surface area contributed by atoms with E-state index in [0.717, 1.165) is 0 Å². The van der Waals surface area contributed by atoms with E-state index in [1.54, 1.807) is 4.98 Å². The number of hydrogen-bond acceptors (Lipinski definition) is 5. The molecule has 0 aromatic carbocycles. The Morgan fingerprint density at radius 1 is 1.50 bits per heavy atom. The van der Waals surface area contributed by atoms with Crippen molar-refractivity contribution in [2.75, 3.05) is 0 Å². The third-order valence-electron chi connectivity index (χ3n) is 1.59. The van der Waals surface area contributed by atoms with Crippen molar-refractivity contribution in [2.45, 2.75) is 6.36 Å². The molecule has 0 bridgehead atoms. The van der Waals surface area contributed by atoms with Crippen molar-refractivity contribution in [3.8, 4) is 5.88 Å². The first-order chi connectivity index (χ1) is 8.11. The van der Waals surface area contributed by atoms with Crippen molar-refractivity contribution < 1.29 is 27.6 Å². The Balaban J connectivity index is 3.42. The molecule has 0 saturated heterocycles. The molecule has 1 heterocycles. The standard InChI is InChI=1S/C7H2ClF3N2O5/c8-6(15)4-5(13(16)17)2(14)1-3(12-4)18-7(9,10)11/h1H,(H,12,14). The summed E-state index contributed by atoms with van der Waals surface area (Å²) < 4.78 is 38.9. The summed E-state index contributed by atoms with van der Waals surface area (Å²) >= 11 is 4.92. The predicted octanol–water partition coefficient (Wildman–Crippen LogP) is 1.56. The molecule has 1 aromatic heterocycles. The van der Waals surface area contributed by atoms with Gasteiger partial charge in [0.15, 0.2) is 5.69 Å². The first-order valence-corrected chi connectivity index (χ1v) is 4.37. The molecule has 0 aliphatic carbocycles. The van der Waals surface area contributed by atoms with Gasteiger partial charge in [0, 0.05) is 0 Å². The summed E-state index contributed by atoms with van der Waals surface area (Å²) in [5.41, 5.74) is -3.79. The molecule has 0 aliphatic rings. The highest BCUT2D eigenvalue weighted by atomic mass is 35.5. The van der Waals surface area contributed by atoms with Crippen LogP contribution in [0.3, 0.4) is 0 Å². The zero-order valence-corrected chi connectivity index (χ0v) is 8.83. The Labute approximate surface area is 100 Å². The number of halogens is 4. The number of aromatic amines is 1. The lowest BCUT2D eigenvalue weighted by Gasteiger charge is -2.08. The van der Waals surface area contributed by atoms with Crippen LogP contribution in [-0.2, 0) is 0 Å². The second-order valence-electron chi connectivity index (χ2n) is 2.80. The van der Waals surface area contributed by atoms with Crippen molar-refractivity contribution >= 4 is 22.5 Å². The Kier molecular flexibility index (Phi) is 3.60. The number of nitrogens with one attached hydrogen (secondary N) is 1. The molecular weight excluding hydrogens is 285 g/mol. The minimum atomic E-state index is -5.13. The van der Waals surface area contributed by atoms with Gasteiger partial charge >= 0.3 is 12.0 Å². The number of nitro groups is 1. The number of hydrogen-bond donors (Lipinski definition) is 1. The molecule has 0 fully saturated rings. The normalized spacial score (nSPS) is 11.1. The summed E-state index contributed by atoms with van der Waals surface area (Å²) in [4.78, 5) is 32.8. The molecule has 0 atom stereocenters. The Morgan fingerprint density at radius 3 is 2.44 bits per heavy atom. The van der Waals surface area contributed by atoms with Crippen molar-refractivity contribution in [3.63, 3.8) is 0 Å². The van der Waals surface area contributed by atoms with Gasteiger partial charge in [0.2, 0.25) is 5.88 Å². The number of H-pyrrole nitrogens is 1. The van der Waals surface area contributed by atoms with E-state index in [-0.39, 0.29) is 6.07 Å². The van der Waals surface area contributed by atoms with Gasteiger partial charge in [-0.25, -0.2) is 0 Å². The number of ether oxygens (including phenoxy) is 1. The Bertz CT molecular complexity index is 567. The fraction of sp³-hybridized carbons (Fsp3) is 0.143. The van der Waals surface area contributed by atoms with E-state index >= 15 is 0 Å². The van der Waals surface area contributed by atoms with Gasteiger partial charge < -0.3 is 9.72 Å². The van der Waals surface area contributed by atoms with Crippen LogP contribution in [0.15, 0.2) is 10.9 Å². The lowest BCUT2D eigenvalue weighted by Crippen LogP contribution is -2.21. The van der Waals surface area contributed by atoms with Crippen LogP contribution >= 0.6 is 11.6 Å². The summed E-state index contributed by atoms with van der Waals surface area (Å²) in [6.45, 7) is 0.